The molecule has 4 nitrogen and oxygen atoms in total. The molecule has 0 bridgehead atoms. The van der Waals surface area contributed by atoms with Crippen molar-refractivity contribution < 1.29 is 14.3 Å². The quantitative estimate of drug-likeness (QED) is 0.436. The molecular weight excluding hydrogens is 206 g/mol. The second-order valence-electron chi connectivity index (χ2n) is 2.45. The van der Waals surface area contributed by atoms with Gasteiger partial charge in [-0.15, -0.1) is 0 Å². The van der Waals surface area contributed by atoms with Crippen LogP contribution in [0.4, 0.5) is 0 Å². The van der Waals surface area contributed by atoms with Crippen molar-refractivity contribution in [2.75, 3.05) is 6.61 Å². The first kappa shape index (κ1) is 10.7. The molecule has 1 heterocycles. The van der Waals surface area contributed by atoms with E-state index in [9.17, 15) is 9.59 Å². The fraction of sp³-hybridized carbons (Fsp3) is 0.222. The largest absolute Gasteiger partial charge is 0.462 e. The molecule has 1 aromatic rings. The summed E-state index contributed by atoms with van der Waals surface area (Å²) in [6.07, 6.45) is 1.88. The molecule has 0 radical (unpaired) electrons. The number of aromatic nitrogens is 1. The lowest BCUT2D eigenvalue weighted by atomic mass is 10.2. The van der Waals surface area contributed by atoms with Crippen LogP contribution in [0.15, 0.2) is 12.3 Å². The molecule has 5 heteroatoms. The fourth-order valence-corrected chi connectivity index (χ4v) is 1.06. The average molecular weight is 214 g/mol. The number of halogens is 1. The Morgan fingerprint density at radius 2 is 2.43 bits per heavy atom. The number of hydrogen-bond acceptors (Lipinski definition) is 4. The first-order chi connectivity index (χ1) is 6.69. The van der Waals surface area contributed by atoms with Crippen LogP contribution in [0.3, 0.4) is 0 Å². The Hall–Kier alpha value is -1.42. The van der Waals surface area contributed by atoms with Gasteiger partial charge < -0.3 is 4.74 Å². The zero-order valence-electron chi connectivity index (χ0n) is 7.49. The van der Waals surface area contributed by atoms with Crippen LogP contribution >= 0.6 is 11.6 Å². The highest BCUT2D eigenvalue weighted by molar-refractivity contribution is 6.32. The Labute approximate surface area is 85.9 Å². The summed E-state index contributed by atoms with van der Waals surface area (Å²) in [5.41, 5.74) is 0.399. The van der Waals surface area contributed by atoms with E-state index in [-0.39, 0.29) is 22.9 Å². The van der Waals surface area contributed by atoms with Gasteiger partial charge in [-0.2, -0.15) is 0 Å². The monoisotopic (exact) mass is 213 g/mol. The molecule has 0 spiro atoms. The van der Waals surface area contributed by atoms with E-state index in [1.807, 2.05) is 0 Å². The van der Waals surface area contributed by atoms with Crippen molar-refractivity contribution in [3.63, 3.8) is 0 Å². The van der Waals surface area contributed by atoms with E-state index in [2.05, 4.69) is 4.98 Å². The van der Waals surface area contributed by atoms with E-state index in [1.54, 1.807) is 6.92 Å². The predicted octanol–water partition coefficient (Wildman–Crippen LogP) is 1.72. The number of nitrogens with zero attached hydrogens (tertiary/aromatic N) is 1. The van der Waals surface area contributed by atoms with Gasteiger partial charge in [-0.3, -0.25) is 4.79 Å². The molecule has 0 unspecified atom stereocenters. The van der Waals surface area contributed by atoms with E-state index in [1.165, 1.54) is 12.3 Å². The minimum Gasteiger partial charge on any atom is -0.462 e. The molecule has 0 amide bonds. The standard InChI is InChI=1S/C9H8ClNO3/c1-2-14-9(13)7-3-6(5-12)4-11-8(7)10/h3-5H,2H2,1H3. The zero-order valence-corrected chi connectivity index (χ0v) is 8.25. The van der Waals surface area contributed by atoms with Crippen molar-refractivity contribution in [3.8, 4) is 0 Å². The summed E-state index contributed by atoms with van der Waals surface area (Å²) in [4.78, 5) is 25.4. The van der Waals surface area contributed by atoms with E-state index in [0.717, 1.165) is 0 Å². The molecule has 1 rings (SSSR count). The number of aldehydes is 1. The van der Waals surface area contributed by atoms with E-state index in [0.29, 0.717) is 6.29 Å². The molecule has 0 aliphatic heterocycles. The summed E-state index contributed by atoms with van der Waals surface area (Å²) in [7, 11) is 0. The summed E-state index contributed by atoms with van der Waals surface area (Å²) >= 11 is 5.66. The first-order valence-corrected chi connectivity index (χ1v) is 4.34. The van der Waals surface area contributed by atoms with Gasteiger partial charge in [0, 0.05) is 11.8 Å². The third kappa shape index (κ3) is 2.29. The number of esters is 1. The minimum absolute atomic E-state index is 0.0362. The smallest absolute Gasteiger partial charge is 0.341 e. The molecule has 1 aromatic heterocycles. The average Bonchev–Trinajstić information content (AvgIpc) is 2.19. The molecule has 0 atom stereocenters. The van der Waals surface area contributed by atoms with Gasteiger partial charge in [-0.25, -0.2) is 9.78 Å². The van der Waals surface area contributed by atoms with E-state index < -0.39 is 5.97 Å². The van der Waals surface area contributed by atoms with E-state index >= 15 is 0 Å². The van der Waals surface area contributed by atoms with Crippen LogP contribution < -0.4 is 0 Å². The summed E-state index contributed by atoms with van der Waals surface area (Å²) in [5.74, 6) is -0.575. The first-order valence-electron chi connectivity index (χ1n) is 3.97. The molecule has 74 valence electrons. The highest BCUT2D eigenvalue weighted by Crippen LogP contribution is 2.14. The molecule has 0 aliphatic carbocycles. The Morgan fingerprint density at radius 3 is 3.00 bits per heavy atom. The normalized spacial score (nSPS) is 9.57. The van der Waals surface area contributed by atoms with Gasteiger partial charge >= 0.3 is 5.97 Å². The molecule has 0 fully saturated rings. The Balaban J connectivity index is 3.05. The van der Waals surface area contributed by atoms with Crippen molar-refractivity contribution in [2.45, 2.75) is 6.92 Å². The second-order valence-corrected chi connectivity index (χ2v) is 2.80. The topological polar surface area (TPSA) is 56.3 Å². The summed E-state index contributed by atoms with van der Waals surface area (Å²) in [5, 5.41) is 0.0362. The van der Waals surface area contributed by atoms with Crippen molar-refractivity contribution in [2.24, 2.45) is 0 Å². The Morgan fingerprint density at radius 1 is 1.71 bits per heavy atom. The lowest BCUT2D eigenvalue weighted by Gasteiger charge is -2.03. The van der Waals surface area contributed by atoms with Gasteiger partial charge in [0.05, 0.1) is 12.2 Å². The van der Waals surface area contributed by atoms with E-state index in [4.69, 9.17) is 16.3 Å². The van der Waals surface area contributed by atoms with Gasteiger partial charge in [0.1, 0.15) is 5.15 Å². The number of hydrogen-bond donors (Lipinski definition) is 0. The van der Waals surface area contributed by atoms with Crippen molar-refractivity contribution >= 4 is 23.9 Å². The SMILES string of the molecule is CCOC(=O)c1cc(C=O)cnc1Cl. The predicted molar refractivity (Wildman–Crippen MR) is 50.6 cm³/mol. The van der Waals surface area contributed by atoms with Crippen LogP contribution in [0.25, 0.3) is 0 Å². The maximum absolute atomic E-state index is 11.3. The number of rotatable bonds is 3. The fourth-order valence-electron chi connectivity index (χ4n) is 0.881. The lowest BCUT2D eigenvalue weighted by molar-refractivity contribution is 0.0526. The van der Waals surface area contributed by atoms with Crippen LogP contribution in [0.2, 0.25) is 5.15 Å². The second kappa shape index (κ2) is 4.72. The van der Waals surface area contributed by atoms with Gasteiger partial charge in [-0.05, 0) is 13.0 Å². The molecule has 0 saturated heterocycles. The van der Waals surface area contributed by atoms with Crippen LogP contribution in [0.1, 0.15) is 27.6 Å². The van der Waals surface area contributed by atoms with Crippen LogP contribution in [0.5, 0.6) is 0 Å². The summed E-state index contributed by atoms with van der Waals surface area (Å²) in [6.45, 7) is 1.93. The third-order valence-electron chi connectivity index (χ3n) is 1.49. The highest BCUT2D eigenvalue weighted by Gasteiger charge is 2.12. The molecule has 14 heavy (non-hydrogen) atoms. The van der Waals surface area contributed by atoms with Gasteiger partial charge in [-0.1, -0.05) is 11.6 Å². The van der Waals surface area contributed by atoms with Crippen LogP contribution in [-0.2, 0) is 4.74 Å². The Bertz CT molecular complexity index is 365. The number of pyridine rings is 1. The molecule has 0 N–H and O–H groups in total. The molecular formula is C9H8ClNO3. The molecule has 0 aliphatic rings. The summed E-state index contributed by atoms with van der Waals surface area (Å²) in [6, 6.07) is 1.35. The lowest BCUT2D eigenvalue weighted by Crippen LogP contribution is -2.06. The maximum atomic E-state index is 11.3. The van der Waals surface area contributed by atoms with Gasteiger partial charge in [0.25, 0.3) is 0 Å². The number of ether oxygens (including phenoxy) is 1. The highest BCUT2D eigenvalue weighted by atomic mass is 35.5. The Kier molecular flexibility index (Phi) is 3.59. The van der Waals surface area contributed by atoms with Crippen molar-refractivity contribution in [3.05, 3.63) is 28.5 Å². The minimum atomic E-state index is -0.575. The van der Waals surface area contributed by atoms with Crippen molar-refractivity contribution in [1.82, 2.24) is 4.98 Å². The van der Waals surface area contributed by atoms with Crippen LogP contribution in [-0.4, -0.2) is 23.8 Å². The molecule has 0 saturated carbocycles. The van der Waals surface area contributed by atoms with Gasteiger partial charge in [0.2, 0.25) is 0 Å². The maximum Gasteiger partial charge on any atom is 0.341 e. The van der Waals surface area contributed by atoms with Crippen molar-refractivity contribution in [1.29, 1.82) is 0 Å². The van der Waals surface area contributed by atoms with Gasteiger partial charge in [0.15, 0.2) is 6.29 Å². The summed E-state index contributed by atoms with van der Waals surface area (Å²) < 4.78 is 4.73. The molecule has 0 aromatic carbocycles. The zero-order chi connectivity index (χ0) is 10.6. The number of carbonyl (C=O) groups excluding carboxylic acids is 2. The number of carbonyl (C=O) groups is 2. The third-order valence-corrected chi connectivity index (χ3v) is 1.79. The van der Waals surface area contributed by atoms with Crippen LogP contribution in [0, 0.1) is 0 Å².